The molecule has 0 saturated carbocycles. The van der Waals surface area contributed by atoms with Crippen LogP contribution in [-0.4, -0.2) is 32.1 Å². The molecule has 0 fully saturated rings. The lowest BCUT2D eigenvalue weighted by Gasteiger charge is -2.19. The normalized spacial score (nSPS) is 15.9. The highest BCUT2D eigenvalue weighted by molar-refractivity contribution is 7.87. The summed E-state index contributed by atoms with van der Waals surface area (Å²) < 4.78 is 26.9. The van der Waals surface area contributed by atoms with Gasteiger partial charge in [0.05, 0.1) is 0 Å². The molecule has 0 rings (SSSR count). The molecule has 90 valence electrons. The van der Waals surface area contributed by atoms with E-state index >= 15 is 0 Å². The summed E-state index contributed by atoms with van der Waals surface area (Å²) in [6.07, 6.45) is 0.589. The Morgan fingerprint density at radius 1 is 1.40 bits per heavy atom. The van der Waals surface area contributed by atoms with Gasteiger partial charge >= 0.3 is 5.97 Å². The van der Waals surface area contributed by atoms with Gasteiger partial charge in [-0.15, -0.1) is 0 Å². The van der Waals surface area contributed by atoms with E-state index in [1.54, 1.807) is 13.8 Å². The lowest BCUT2D eigenvalue weighted by atomic mass is 10.0. The zero-order valence-corrected chi connectivity index (χ0v) is 9.97. The second-order valence-electron chi connectivity index (χ2n) is 3.32. The third-order valence-corrected chi connectivity index (χ3v) is 3.33. The number of aliphatic carboxylic acids is 1. The van der Waals surface area contributed by atoms with Gasteiger partial charge in [-0.05, 0) is 5.92 Å². The summed E-state index contributed by atoms with van der Waals surface area (Å²) in [5.41, 5.74) is 0. The molecule has 0 aromatic rings. The predicted octanol–water partition coefficient (Wildman–Crippen LogP) is -0.0704. The van der Waals surface area contributed by atoms with Crippen molar-refractivity contribution in [2.75, 3.05) is 6.54 Å². The SMILES string of the molecule is CCNS(=O)(=O)NC(C(=O)O)C(C)CC. The van der Waals surface area contributed by atoms with Crippen LogP contribution in [0.4, 0.5) is 0 Å². The Bertz CT molecular complexity index is 302. The van der Waals surface area contributed by atoms with Crippen molar-refractivity contribution >= 4 is 16.2 Å². The molecule has 2 unspecified atom stereocenters. The summed E-state index contributed by atoms with van der Waals surface area (Å²) in [6, 6.07) is -1.08. The van der Waals surface area contributed by atoms with Gasteiger partial charge in [-0.1, -0.05) is 27.2 Å². The average molecular weight is 238 g/mol. The standard InChI is InChI=1S/C8H18N2O4S/c1-4-6(3)7(8(11)12)10-15(13,14)9-5-2/h6-7,9-10H,4-5H2,1-3H3,(H,11,12). The fourth-order valence-corrected chi connectivity index (χ4v) is 2.18. The molecule has 6 nitrogen and oxygen atoms in total. The molecule has 2 atom stereocenters. The molecule has 0 aliphatic heterocycles. The van der Waals surface area contributed by atoms with Crippen molar-refractivity contribution in [3.8, 4) is 0 Å². The average Bonchev–Trinajstić information content (AvgIpc) is 2.12. The van der Waals surface area contributed by atoms with Crippen LogP contribution in [0.3, 0.4) is 0 Å². The quantitative estimate of drug-likeness (QED) is 0.578. The molecule has 0 spiro atoms. The monoisotopic (exact) mass is 238 g/mol. The Labute approximate surface area is 90.2 Å². The summed E-state index contributed by atoms with van der Waals surface area (Å²) in [4.78, 5) is 10.8. The maximum absolute atomic E-state index is 11.3. The van der Waals surface area contributed by atoms with Gasteiger partial charge in [0.15, 0.2) is 0 Å². The zero-order chi connectivity index (χ0) is 12.1. The smallest absolute Gasteiger partial charge is 0.322 e. The summed E-state index contributed by atoms with van der Waals surface area (Å²) in [7, 11) is -3.71. The van der Waals surface area contributed by atoms with Crippen molar-refractivity contribution in [1.82, 2.24) is 9.44 Å². The van der Waals surface area contributed by atoms with Crippen molar-refractivity contribution in [1.29, 1.82) is 0 Å². The first-order chi connectivity index (χ1) is 6.84. The molecule has 0 aromatic carbocycles. The third kappa shape index (κ3) is 5.10. The maximum Gasteiger partial charge on any atom is 0.322 e. The molecular weight excluding hydrogens is 220 g/mol. The molecule has 0 radical (unpaired) electrons. The van der Waals surface area contributed by atoms with E-state index in [4.69, 9.17) is 5.11 Å². The predicted molar refractivity (Wildman–Crippen MR) is 56.6 cm³/mol. The van der Waals surface area contributed by atoms with E-state index in [2.05, 4.69) is 9.44 Å². The van der Waals surface area contributed by atoms with Crippen LogP contribution in [-0.2, 0) is 15.0 Å². The first kappa shape index (κ1) is 14.3. The van der Waals surface area contributed by atoms with E-state index < -0.39 is 22.2 Å². The summed E-state index contributed by atoms with van der Waals surface area (Å²) in [6.45, 7) is 5.34. The van der Waals surface area contributed by atoms with Crippen LogP contribution < -0.4 is 9.44 Å². The number of carboxylic acids is 1. The fraction of sp³-hybridized carbons (Fsp3) is 0.875. The van der Waals surface area contributed by atoms with E-state index in [9.17, 15) is 13.2 Å². The van der Waals surface area contributed by atoms with Crippen molar-refractivity contribution < 1.29 is 18.3 Å². The first-order valence-corrected chi connectivity index (χ1v) is 6.32. The molecule has 15 heavy (non-hydrogen) atoms. The van der Waals surface area contributed by atoms with Crippen molar-refractivity contribution in [3.63, 3.8) is 0 Å². The van der Waals surface area contributed by atoms with E-state index in [1.807, 2.05) is 6.92 Å². The Hall–Kier alpha value is -0.660. The molecule has 0 amide bonds. The van der Waals surface area contributed by atoms with Gasteiger partial charge in [-0.3, -0.25) is 4.79 Å². The molecule has 0 bridgehead atoms. The number of hydrogen-bond acceptors (Lipinski definition) is 3. The Balaban J connectivity index is 4.62. The lowest BCUT2D eigenvalue weighted by molar-refractivity contribution is -0.140. The molecule has 3 N–H and O–H groups in total. The van der Waals surface area contributed by atoms with Crippen LogP contribution in [0.1, 0.15) is 27.2 Å². The molecule has 0 heterocycles. The van der Waals surface area contributed by atoms with E-state index in [-0.39, 0.29) is 12.5 Å². The van der Waals surface area contributed by atoms with Crippen LogP contribution in [0.5, 0.6) is 0 Å². The zero-order valence-electron chi connectivity index (χ0n) is 9.15. The molecule has 0 aromatic heterocycles. The van der Waals surface area contributed by atoms with Crippen LogP contribution in [0.25, 0.3) is 0 Å². The van der Waals surface area contributed by atoms with E-state index in [0.717, 1.165) is 0 Å². The molecular formula is C8H18N2O4S. The van der Waals surface area contributed by atoms with Gasteiger partial charge in [0.25, 0.3) is 10.2 Å². The highest BCUT2D eigenvalue weighted by Gasteiger charge is 2.27. The Morgan fingerprint density at radius 2 is 1.93 bits per heavy atom. The summed E-state index contributed by atoms with van der Waals surface area (Å²) in [5, 5.41) is 8.85. The Morgan fingerprint density at radius 3 is 2.27 bits per heavy atom. The van der Waals surface area contributed by atoms with Crippen molar-refractivity contribution in [2.45, 2.75) is 33.2 Å². The minimum absolute atomic E-state index is 0.224. The van der Waals surface area contributed by atoms with Crippen molar-refractivity contribution in [2.24, 2.45) is 5.92 Å². The van der Waals surface area contributed by atoms with Gasteiger partial charge in [0.1, 0.15) is 6.04 Å². The van der Waals surface area contributed by atoms with Crippen LogP contribution in [0.15, 0.2) is 0 Å². The van der Waals surface area contributed by atoms with Gasteiger partial charge in [-0.25, -0.2) is 4.72 Å². The van der Waals surface area contributed by atoms with Gasteiger partial charge in [0, 0.05) is 6.54 Å². The van der Waals surface area contributed by atoms with Crippen molar-refractivity contribution in [3.05, 3.63) is 0 Å². The first-order valence-electron chi connectivity index (χ1n) is 4.83. The molecule has 7 heteroatoms. The number of hydrogen-bond donors (Lipinski definition) is 3. The molecule has 0 aliphatic rings. The molecule has 0 saturated heterocycles. The van der Waals surface area contributed by atoms with E-state index in [1.165, 1.54) is 0 Å². The number of carbonyl (C=O) groups is 1. The largest absolute Gasteiger partial charge is 0.480 e. The van der Waals surface area contributed by atoms with Crippen LogP contribution in [0.2, 0.25) is 0 Å². The number of carboxylic acid groups (broad SMARTS) is 1. The van der Waals surface area contributed by atoms with Crippen LogP contribution in [0, 0.1) is 5.92 Å². The van der Waals surface area contributed by atoms with E-state index in [0.29, 0.717) is 6.42 Å². The minimum Gasteiger partial charge on any atom is -0.480 e. The Kier molecular flexibility index (Phi) is 5.77. The number of nitrogens with one attached hydrogen (secondary N) is 2. The number of rotatable bonds is 7. The van der Waals surface area contributed by atoms with Gasteiger partial charge in [-0.2, -0.15) is 13.1 Å². The second-order valence-corrected chi connectivity index (χ2v) is 4.85. The highest BCUT2D eigenvalue weighted by Crippen LogP contribution is 2.08. The summed E-state index contributed by atoms with van der Waals surface area (Å²) in [5.74, 6) is -1.42. The lowest BCUT2D eigenvalue weighted by Crippen LogP contribution is -2.49. The summed E-state index contributed by atoms with van der Waals surface area (Å²) >= 11 is 0. The van der Waals surface area contributed by atoms with Gasteiger partial charge < -0.3 is 5.11 Å². The third-order valence-electron chi connectivity index (χ3n) is 2.10. The fourth-order valence-electron chi connectivity index (χ4n) is 1.04. The maximum atomic E-state index is 11.3. The minimum atomic E-state index is -3.71. The molecule has 0 aliphatic carbocycles. The second kappa shape index (κ2) is 6.04. The topological polar surface area (TPSA) is 95.5 Å². The highest BCUT2D eigenvalue weighted by atomic mass is 32.2. The van der Waals surface area contributed by atoms with Crippen LogP contribution >= 0.6 is 0 Å². The van der Waals surface area contributed by atoms with Gasteiger partial charge in [0.2, 0.25) is 0 Å².